The number of carbonyl (C=O) groups is 1. The van der Waals surface area contributed by atoms with E-state index in [4.69, 9.17) is 4.74 Å². The average molecular weight is 250 g/mol. The van der Waals surface area contributed by atoms with Gasteiger partial charge in [-0.2, -0.15) is 0 Å². The number of halogens is 1. The van der Waals surface area contributed by atoms with Crippen molar-refractivity contribution >= 4 is 17.1 Å². The van der Waals surface area contributed by atoms with Gasteiger partial charge in [-0.15, -0.1) is 11.3 Å². The van der Waals surface area contributed by atoms with Crippen molar-refractivity contribution in [2.75, 3.05) is 7.11 Å². The maximum Gasteiger partial charge on any atom is 0.197 e. The third kappa shape index (κ3) is 2.22. The maximum atomic E-state index is 13.7. The maximum absolute atomic E-state index is 13.7. The van der Waals surface area contributed by atoms with Crippen LogP contribution in [-0.2, 0) is 0 Å². The number of hydrogen-bond acceptors (Lipinski definition) is 3. The standard InChI is InChI=1S/C13H11FO2S/c1-8-10(5-6-17-8)13(15)11-4-3-9(16-2)7-12(11)14/h3-7H,1-2H3. The van der Waals surface area contributed by atoms with Gasteiger partial charge in [-0.25, -0.2) is 4.39 Å². The topological polar surface area (TPSA) is 26.3 Å². The van der Waals surface area contributed by atoms with E-state index in [0.717, 1.165) is 4.88 Å². The van der Waals surface area contributed by atoms with Crippen molar-refractivity contribution in [3.8, 4) is 5.75 Å². The Morgan fingerprint density at radius 3 is 2.59 bits per heavy atom. The molecule has 88 valence electrons. The van der Waals surface area contributed by atoms with Crippen molar-refractivity contribution in [1.82, 2.24) is 0 Å². The predicted molar refractivity (Wildman–Crippen MR) is 65.4 cm³/mol. The third-order valence-electron chi connectivity index (χ3n) is 2.52. The second kappa shape index (κ2) is 4.67. The summed E-state index contributed by atoms with van der Waals surface area (Å²) in [5, 5.41) is 1.82. The van der Waals surface area contributed by atoms with E-state index in [1.807, 2.05) is 12.3 Å². The van der Waals surface area contributed by atoms with Crippen LogP contribution in [0.25, 0.3) is 0 Å². The summed E-state index contributed by atoms with van der Waals surface area (Å²) in [6.07, 6.45) is 0. The minimum atomic E-state index is -0.556. The van der Waals surface area contributed by atoms with Crippen LogP contribution in [0.5, 0.6) is 5.75 Å². The van der Waals surface area contributed by atoms with Crippen LogP contribution in [0.4, 0.5) is 4.39 Å². The molecule has 0 aliphatic rings. The quantitative estimate of drug-likeness (QED) is 0.780. The molecule has 0 unspecified atom stereocenters. The van der Waals surface area contributed by atoms with Crippen molar-refractivity contribution < 1.29 is 13.9 Å². The molecule has 0 bridgehead atoms. The highest BCUT2D eigenvalue weighted by molar-refractivity contribution is 7.10. The normalized spacial score (nSPS) is 10.3. The Morgan fingerprint density at radius 1 is 1.29 bits per heavy atom. The lowest BCUT2D eigenvalue weighted by atomic mass is 10.0. The fraction of sp³-hybridized carbons (Fsp3) is 0.154. The summed E-state index contributed by atoms with van der Waals surface area (Å²) in [5.74, 6) is -0.440. The molecule has 0 fully saturated rings. The van der Waals surface area contributed by atoms with Gasteiger partial charge >= 0.3 is 0 Å². The molecule has 0 aliphatic carbocycles. The fourth-order valence-corrected chi connectivity index (χ4v) is 2.27. The second-order valence-electron chi connectivity index (χ2n) is 3.57. The lowest BCUT2D eigenvalue weighted by molar-refractivity contribution is 0.103. The molecule has 1 aromatic carbocycles. The third-order valence-corrected chi connectivity index (χ3v) is 3.37. The second-order valence-corrected chi connectivity index (χ2v) is 4.69. The molecule has 0 saturated carbocycles. The summed E-state index contributed by atoms with van der Waals surface area (Å²) in [4.78, 5) is 13.0. The number of thiophene rings is 1. The van der Waals surface area contributed by atoms with Crippen LogP contribution in [0.1, 0.15) is 20.8 Å². The number of ketones is 1. The van der Waals surface area contributed by atoms with E-state index in [1.165, 1.54) is 30.6 Å². The summed E-state index contributed by atoms with van der Waals surface area (Å²) in [6.45, 7) is 1.85. The number of carbonyl (C=O) groups excluding carboxylic acids is 1. The molecular formula is C13H11FO2S. The molecule has 17 heavy (non-hydrogen) atoms. The van der Waals surface area contributed by atoms with Gasteiger partial charge in [-0.1, -0.05) is 0 Å². The van der Waals surface area contributed by atoms with Gasteiger partial charge in [0.15, 0.2) is 5.78 Å². The molecule has 2 aromatic rings. The van der Waals surface area contributed by atoms with Crippen molar-refractivity contribution in [2.24, 2.45) is 0 Å². The van der Waals surface area contributed by atoms with Crippen LogP contribution >= 0.6 is 11.3 Å². The highest BCUT2D eigenvalue weighted by atomic mass is 32.1. The van der Waals surface area contributed by atoms with Gasteiger partial charge in [-0.05, 0) is 30.5 Å². The van der Waals surface area contributed by atoms with Crippen LogP contribution in [-0.4, -0.2) is 12.9 Å². The van der Waals surface area contributed by atoms with Crippen LogP contribution in [0.2, 0.25) is 0 Å². The van der Waals surface area contributed by atoms with Gasteiger partial charge in [0.1, 0.15) is 11.6 Å². The highest BCUT2D eigenvalue weighted by Gasteiger charge is 2.17. The predicted octanol–water partition coefficient (Wildman–Crippen LogP) is 3.44. The Bertz CT molecular complexity index is 560. The van der Waals surface area contributed by atoms with Crippen molar-refractivity contribution in [3.05, 3.63) is 51.5 Å². The van der Waals surface area contributed by atoms with E-state index >= 15 is 0 Å². The summed E-state index contributed by atoms with van der Waals surface area (Å²) >= 11 is 1.47. The zero-order valence-corrected chi connectivity index (χ0v) is 10.3. The van der Waals surface area contributed by atoms with Crippen molar-refractivity contribution in [1.29, 1.82) is 0 Å². The van der Waals surface area contributed by atoms with E-state index in [-0.39, 0.29) is 11.3 Å². The molecule has 0 spiro atoms. The molecule has 0 amide bonds. The molecule has 1 aromatic heterocycles. The summed E-state index contributed by atoms with van der Waals surface area (Å²) in [5.41, 5.74) is 0.631. The van der Waals surface area contributed by atoms with Gasteiger partial charge in [-0.3, -0.25) is 4.79 Å². The molecule has 0 N–H and O–H groups in total. The SMILES string of the molecule is COc1ccc(C(=O)c2ccsc2C)c(F)c1. The number of ether oxygens (including phenoxy) is 1. The first kappa shape index (κ1) is 11.8. The number of methoxy groups -OCH3 is 1. The molecule has 0 saturated heterocycles. The smallest absolute Gasteiger partial charge is 0.197 e. The van der Waals surface area contributed by atoms with Gasteiger partial charge in [0.05, 0.1) is 12.7 Å². The van der Waals surface area contributed by atoms with Crippen LogP contribution in [0, 0.1) is 12.7 Å². The van der Waals surface area contributed by atoms with Crippen LogP contribution < -0.4 is 4.74 Å². The molecular weight excluding hydrogens is 239 g/mol. The summed E-state index contributed by atoms with van der Waals surface area (Å²) in [6, 6.07) is 5.96. The van der Waals surface area contributed by atoms with Crippen LogP contribution in [0.3, 0.4) is 0 Å². The molecule has 0 atom stereocenters. The van der Waals surface area contributed by atoms with E-state index in [9.17, 15) is 9.18 Å². The van der Waals surface area contributed by atoms with Crippen molar-refractivity contribution in [3.63, 3.8) is 0 Å². The lowest BCUT2D eigenvalue weighted by Crippen LogP contribution is -2.04. The van der Waals surface area contributed by atoms with Gasteiger partial charge in [0, 0.05) is 16.5 Å². The molecule has 4 heteroatoms. The number of benzene rings is 1. The monoisotopic (exact) mass is 250 g/mol. The van der Waals surface area contributed by atoms with E-state index in [1.54, 1.807) is 12.1 Å². The highest BCUT2D eigenvalue weighted by Crippen LogP contribution is 2.23. The van der Waals surface area contributed by atoms with Gasteiger partial charge in [0.25, 0.3) is 0 Å². The molecule has 2 rings (SSSR count). The Kier molecular flexibility index (Phi) is 3.24. The minimum absolute atomic E-state index is 0.0762. The summed E-state index contributed by atoms with van der Waals surface area (Å²) in [7, 11) is 1.46. The minimum Gasteiger partial charge on any atom is -0.497 e. The van der Waals surface area contributed by atoms with Crippen molar-refractivity contribution in [2.45, 2.75) is 6.92 Å². The zero-order valence-electron chi connectivity index (χ0n) is 9.49. The Hall–Kier alpha value is -1.68. The first-order chi connectivity index (χ1) is 8.13. The van der Waals surface area contributed by atoms with Crippen LogP contribution in [0.15, 0.2) is 29.6 Å². The fourth-order valence-electron chi connectivity index (χ4n) is 1.57. The van der Waals surface area contributed by atoms with E-state index in [2.05, 4.69) is 0 Å². The average Bonchev–Trinajstić information content (AvgIpc) is 2.74. The molecule has 0 aliphatic heterocycles. The Labute approximate surface area is 103 Å². The molecule has 0 radical (unpaired) electrons. The zero-order chi connectivity index (χ0) is 12.4. The summed E-state index contributed by atoms with van der Waals surface area (Å²) < 4.78 is 18.6. The largest absolute Gasteiger partial charge is 0.497 e. The molecule has 1 heterocycles. The Balaban J connectivity index is 2.41. The number of hydrogen-bond donors (Lipinski definition) is 0. The van der Waals surface area contributed by atoms with E-state index < -0.39 is 5.82 Å². The van der Waals surface area contributed by atoms with Gasteiger partial charge in [0.2, 0.25) is 0 Å². The first-order valence-electron chi connectivity index (χ1n) is 5.06. The first-order valence-corrected chi connectivity index (χ1v) is 5.94. The van der Waals surface area contributed by atoms with Gasteiger partial charge < -0.3 is 4.74 Å². The molecule has 2 nitrogen and oxygen atoms in total. The Morgan fingerprint density at radius 2 is 2.06 bits per heavy atom. The number of aryl methyl sites for hydroxylation is 1. The van der Waals surface area contributed by atoms with E-state index in [0.29, 0.717) is 11.3 Å². The number of rotatable bonds is 3. The lowest BCUT2D eigenvalue weighted by Gasteiger charge is -2.04.